The second kappa shape index (κ2) is 8.32. The van der Waals surface area contributed by atoms with Gasteiger partial charge in [0.25, 0.3) is 5.91 Å². The lowest BCUT2D eigenvalue weighted by Gasteiger charge is -2.38. The van der Waals surface area contributed by atoms with Gasteiger partial charge in [0.15, 0.2) is 5.76 Å². The molecule has 1 aromatic heterocycles. The molecular formula is C23H23N3O4. The fraction of sp³-hybridized carbons (Fsp3) is 0.217. The number of hydrogen-bond donors (Lipinski definition) is 2. The number of anilines is 3. The van der Waals surface area contributed by atoms with Crippen molar-refractivity contribution in [3.63, 3.8) is 0 Å². The Bertz CT molecular complexity index is 1050. The number of piperazine rings is 1. The Morgan fingerprint density at radius 1 is 0.967 bits per heavy atom. The van der Waals surface area contributed by atoms with Crippen LogP contribution in [0.25, 0.3) is 0 Å². The Balaban J connectivity index is 1.51. The van der Waals surface area contributed by atoms with Crippen molar-refractivity contribution in [1.82, 2.24) is 0 Å². The molecule has 154 valence electrons. The molecule has 0 spiro atoms. The number of carboxylic acid groups (broad SMARTS) is 1. The van der Waals surface area contributed by atoms with Gasteiger partial charge >= 0.3 is 5.97 Å². The van der Waals surface area contributed by atoms with Crippen LogP contribution in [0.15, 0.2) is 65.3 Å². The number of benzene rings is 2. The highest BCUT2D eigenvalue weighted by Gasteiger charge is 2.21. The molecule has 2 heterocycles. The van der Waals surface area contributed by atoms with Gasteiger partial charge in [-0.05, 0) is 48.9 Å². The number of furan rings is 1. The molecule has 0 radical (unpaired) electrons. The summed E-state index contributed by atoms with van der Waals surface area (Å²) in [6, 6.07) is 16.5. The Morgan fingerprint density at radius 3 is 2.37 bits per heavy atom. The van der Waals surface area contributed by atoms with E-state index in [1.807, 2.05) is 12.1 Å². The minimum atomic E-state index is -1.10. The van der Waals surface area contributed by atoms with Crippen LogP contribution in [-0.4, -0.2) is 43.2 Å². The van der Waals surface area contributed by atoms with Gasteiger partial charge in [-0.1, -0.05) is 18.2 Å². The molecular weight excluding hydrogens is 382 g/mol. The molecule has 3 aromatic rings. The van der Waals surface area contributed by atoms with E-state index in [0.29, 0.717) is 0 Å². The van der Waals surface area contributed by atoms with Gasteiger partial charge in [0.2, 0.25) is 0 Å². The van der Waals surface area contributed by atoms with Crippen LogP contribution in [0.5, 0.6) is 0 Å². The van der Waals surface area contributed by atoms with E-state index in [2.05, 4.69) is 34.2 Å². The maximum atomic E-state index is 12.4. The molecule has 2 N–H and O–H groups in total. The minimum absolute atomic E-state index is 0.0391. The van der Waals surface area contributed by atoms with Crippen molar-refractivity contribution in [3.8, 4) is 0 Å². The lowest BCUT2D eigenvalue weighted by molar-refractivity contribution is 0.0698. The summed E-state index contributed by atoms with van der Waals surface area (Å²) in [5.74, 6) is -1.45. The van der Waals surface area contributed by atoms with Crippen LogP contribution >= 0.6 is 0 Å². The molecule has 4 rings (SSSR count). The van der Waals surface area contributed by atoms with Gasteiger partial charge in [0.1, 0.15) is 0 Å². The topological polar surface area (TPSA) is 86.0 Å². The first-order valence-electron chi connectivity index (χ1n) is 9.80. The predicted octanol–water partition coefficient (Wildman–Crippen LogP) is 3.87. The molecule has 0 bridgehead atoms. The number of aryl methyl sites for hydroxylation is 1. The van der Waals surface area contributed by atoms with Gasteiger partial charge < -0.3 is 24.6 Å². The summed E-state index contributed by atoms with van der Waals surface area (Å²) in [5, 5.41) is 12.2. The molecule has 1 aliphatic heterocycles. The smallest absolute Gasteiger partial charge is 0.337 e. The number of nitrogens with one attached hydrogen (secondary N) is 1. The summed E-state index contributed by atoms with van der Waals surface area (Å²) >= 11 is 0. The number of carbonyl (C=O) groups excluding carboxylic acids is 1. The van der Waals surface area contributed by atoms with Crippen molar-refractivity contribution in [2.75, 3.05) is 41.3 Å². The average Bonchev–Trinajstić information content (AvgIpc) is 3.29. The molecule has 0 aliphatic carbocycles. The SMILES string of the molecule is Cc1ccccc1N1CCN(c2ccc(C(=O)O)c(NC(=O)c3ccco3)c2)CC1. The molecule has 7 heteroatoms. The first-order chi connectivity index (χ1) is 14.5. The highest BCUT2D eigenvalue weighted by atomic mass is 16.4. The predicted molar refractivity (Wildman–Crippen MR) is 116 cm³/mol. The molecule has 7 nitrogen and oxygen atoms in total. The highest BCUT2D eigenvalue weighted by molar-refractivity contribution is 6.06. The Kier molecular flexibility index (Phi) is 5.43. The van der Waals surface area contributed by atoms with Crippen LogP contribution in [-0.2, 0) is 0 Å². The third-order valence-electron chi connectivity index (χ3n) is 5.33. The number of para-hydroxylation sites is 1. The van der Waals surface area contributed by atoms with Gasteiger partial charge in [0.05, 0.1) is 17.5 Å². The van der Waals surface area contributed by atoms with Gasteiger partial charge in [-0.15, -0.1) is 0 Å². The number of hydrogen-bond acceptors (Lipinski definition) is 5. The van der Waals surface area contributed by atoms with Crippen molar-refractivity contribution in [2.24, 2.45) is 0 Å². The number of carboxylic acids is 1. The van der Waals surface area contributed by atoms with Gasteiger partial charge in [-0.25, -0.2) is 4.79 Å². The monoisotopic (exact) mass is 405 g/mol. The number of carbonyl (C=O) groups is 2. The lowest BCUT2D eigenvalue weighted by Crippen LogP contribution is -2.46. The second-order valence-electron chi connectivity index (χ2n) is 7.23. The van der Waals surface area contributed by atoms with E-state index in [1.165, 1.54) is 29.6 Å². The van der Waals surface area contributed by atoms with E-state index in [4.69, 9.17) is 4.42 Å². The summed E-state index contributed by atoms with van der Waals surface area (Å²) in [5.41, 5.74) is 3.66. The van der Waals surface area contributed by atoms with Gasteiger partial charge in [0, 0.05) is 37.6 Å². The van der Waals surface area contributed by atoms with E-state index in [-0.39, 0.29) is 17.0 Å². The number of aromatic carboxylic acids is 1. The fourth-order valence-corrected chi connectivity index (χ4v) is 3.73. The van der Waals surface area contributed by atoms with E-state index in [9.17, 15) is 14.7 Å². The summed E-state index contributed by atoms with van der Waals surface area (Å²) in [7, 11) is 0. The molecule has 1 fully saturated rings. The number of amides is 1. The van der Waals surface area contributed by atoms with Crippen molar-refractivity contribution in [2.45, 2.75) is 6.92 Å². The zero-order valence-electron chi connectivity index (χ0n) is 16.7. The van der Waals surface area contributed by atoms with Crippen LogP contribution < -0.4 is 15.1 Å². The molecule has 1 aliphatic rings. The summed E-state index contributed by atoms with van der Waals surface area (Å²) < 4.78 is 5.10. The quantitative estimate of drug-likeness (QED) is 0.670. The zero-order valence-corrected chi connectivity index (χ0v) is 16.7. The third kappa shape index (κ3) is 4.00. The van der Waals surface area contributed by atoms with Crippen molar-refractivity contribution < 1.29 is 19.1 Å². The van der Waals surface area contributed by atoms with E-state index in [0.717, 1.165) is 31.9 Å². The van der Waals surface area contributed by atoms with Crippen molar-refractivity contribution in [3.05, 3.63) is 77.7 Å². The van der Waals surface area contributed by atoms with Crippen molar-refractivity contribution >= 4 is 28.9 Å². The van der Waals surface area contributed by atoms with Gasteiger partial charge in [-0.3, -0.25) is 4.79 Å². The molecule has 2 aromatic carbocycles. The van der Waals surface area contributed by atoms with Crippen LogP contribution in [0.2, 0.25) is 0 Å². The molecule has 0 unspecified atom stereocenters. The molecule has 1 amide bonds. The maximum absolute atomic E-state index is 12.4. The first kappa shape index (κ1) is 19.6. The molecule has 1 saturated heterocycles. The highest BCUT2D eigenvalue weighted by Crippen LogP contribution is 2.27. The molecule has 30 heavy (non-hydrogen) atoms. The fourth-order valence-electron chi connectivity index (χ4n) is 3.73. The standard InChI is InChI=1S/C23H23N3O4/c1-16-5-2-3-6-20(16)26-12-10-25(11-13-26)17-8-9-18(23(28)29)19(15-17)24-22(27)21-7-4-14-30-21/h2-9,14-15H,10-13H2,1H3,(H,24,27)(H,28,29). The third-order valence-corrected chi connectivity index (χ3v) is 5.33. The molecule has 0 saturated carbocycles. The average molecular weight is 405 g/mol. The second-order valence-corrected chi connectivity index (χ2v) is 7.23. The van der Waals surface area contributed by atoms with E-state index >= 15 is 0 Å². The Labute approximate surface area is 174 Å². The largest absolute Gasteiger partial charge is 0.478 e. The Morgan fingerprint density at radius 2 is 1.70 bits per heavy atom. The van der Waals surface area contributed by atoms with E-state index in [1.54, 1.807) is 18.2 Å². The minimum Gasteiger partial charge on any atom is -0.478 e. The zero-order chi connectivity index (χ0) is 21.1. The maximum Gasteiger partial charge on any atom is 0.337 e. The Hall–Kier alpha value is -3.74. The summed E-state index contributed by atoms with van der Waals surface area (Å²) in [6.45, 7) is 5.43. The summed E-state index contributed by atoms with van der Waals surface area (Å²) in [6.07, 6.45) is 1.40. The van der Waals surface area contributed by atoms with Crippen LogP contribution in [0.1, 0.15) is 26.5 Å². The van der Waals surface area contributed by atoms with Crippen LogP contribution in [0, 0.1) is 6.92 Å². The number of rotatable bonds is 5. The number of nitrogens with zero attached hydrogens (tertiary/aromatic N) is 2. The van der Waals surface area contributed by atoms with Gasteiger partial charge in [-0.2, -0.15) is 0 Å². The summed E-state index contributed by atoms with van der Waals surface area (Å²) in [4.78, 5) is 28.5. The van der Waals surface area contributed by atoms with Crippen LogP contribution in [0.3, 0.4) is 0 Å². The van der Waals surface area contributed by atoms with Crippen molar-refractivity contribution in [1.29, 1.82) is 0 Å². The lowest BCUT2D eigenvalue weighted by atomic mass is 10.1. The normalized spacial score (nSPS) is 13.9. The molecule has 0 atom stereocenters. The van der Waals surface area contributed by atoms with Crippen LogP contribution in [0.4, 0.5) is 17.1 Å². The first-order valence-corrected chi connectivity index (χ1v) is 9.80. The van der Waals surface area contributed by atoms with E-state index < -0.39 is 11.9 Å².